The Kier molecular flexibility index (Phi) is 5.16. The van der Waals surface area contributed by atoms with Crippen molar-refractivity contribution in [1.29, 1.82) is 0 Å². The molecule has 6 nitrogen and oxygen atoms in total. The van der Waals surface area contributed by atoms with Crippen LogP contribution >= 0.6 is 11.3 Å². The van der Waals surface area contributed by atoms with Crippen molar-refractivity contribution in [2.45, 2.75) is 13.0 Å². The molecule has 0 saturated carbocycles. The number of rotatable bonds is 6. The first-order valence-electron chi connectivity index (χ1n) is 8.60. The monoisotopic (exact) mass is 392 g/mol. The zero-order valence-electron chi connectivity index (χ0n) is 14.9. The number of hydrogen-bond donors (Lipinski definition) is 0. The van der Waals surface area contributed by atoms with Gasteiger partial charge >= 0.3 is 5.97 Å². The molecule has 0 saturated heterocycles. The summed E-state index contributed by atoms with van der Waals surface area (Å²) in [4.78, 5) is 13.2. The normalized spacial score (nSPS) is 11.8. The highest BCUT2D eigenvalue weighted by Crippen LogP contribution is 2.27. The molecule has 0 aliphatic heterocycles. The summed E-state index contributed by atoms with van der Waals surface area (Å²) in [6, 6.07) is 19.9. The van der Waals surface area contributed by atoms with Gasteiger partial charge in [-0.2, -0.15) is 0 Å². The van der Waals surface area contributed by atoms with Gasteiger partial charge in [-0.15, -0.1) is 21.5 Å². The van der Waals surface area contributed by atoms with Crippen LogP contribution in [0.3, 0.4) is 0 Å². The van der Waals surface area contributed by atoms with E-state index >= 15 is 0 Å². The van der Waals surface area contributed by atoms with Crippen molar-refractivity contribution in [1.82, 2.24) is 10.2 Å². The van der Waals surface area contributed by atoms with Gasteiger partial charge in [-0.25, -0.2) is 4.79 Å². The van der Waals surface area contributed by atoms with Crippen molar-refractivity contribution in [3.63, 3.8) is 0 Å². The molecular formula is C21H16N2O4S. The van der Waals surface area contributed by atoms with Crippen molar-refractivity contribution >= 4 is 17.3 Å². The lowest BCUT2D eigenvalue weighted by Gasteiger charge is -2.10. The minimum atomic E-state index is -0.658. The number of thiophene rings is 1. The van der Waals surface area contributed by atoms with E-state index in [0.29, 0.717) is 17.2 Å². The van der Waals surface area contributed by atoms with Gasteiger partial charge in [-0.05, 0) is 54.8 Å². The quantitative estimate of drug-likeness (QED) is 0.403. The van der Waals surface area contributed by atoms with Crippen molar-refractivity contribution in [2.75, 3.05) is 0 Å². The summed E-state index contributed by atoms with van der Waals surface area (Å²) >= 11 is 1.50. The van der Waals surface area contributed by atoms with Crippen LogP contribution in [0.25, 0.3) is 10.8 Å². The van der Waals surface area contributed by atoms with Crippen LogP contribution in [0.15, 0.2) is 76.5 Å². The molecule has 2 heterocycles. The van der Waals surface area contributed by atoms with Crippen LogP contribution < -0.4 is 4.74 Å². The van der Waals surface area contributed by atoms with E-state index in [-0.39, 0.29) is 5.89 Å². The molecule has 28 heavy (non-hydrogen) atoms. The molecule has 0 bridgehead atoms. The maximum Gasteiger partial charge on any atom is 0.338 e. The smallest absolute Gasteiger partial charge is 0.338 e. The van der Waals surface area contributed by atoms with Crippen LogP contribution in [0.1, 0.15) is 29.3 Å². The maximum atomic E-state index is 12.4. The first-order valence-corrected chi connectivity index (χ1v) is 9.48. The van der Waals surface area contributed by atoms with E-state index in [4.69, 9.17) is 13.9 Å². The van der Waals surface area contributed by atoms with Gasteiger partial charge in [-0.3, -0.25) is 0 Å². The molecule has 2 aromatic heterocycles. The fourth-order valence-corrected chi connectivity index (χ4v) is 3.11. The number of benzene rings is 2. The number of hydrogen-bond acceptors (Lipinski definition) is 7. The van der Waals surface area contributed by atoms with Crippen molar-refractivity contribution in [3.05, 3.63) is 83.6 Å². The Morgan fingerprint density at radius 1 is 0.964 bits per heavy atom. The molecule has 2 aromatic carbocycles. The Hall–Kier alpha value is -3.45. The van der Waals surface area contributed by atoms with Crippen LogP contribution in [0.4, 0.5) is 0 Å². The number of ether oxygens (including phenoxy) is 2. The fourth-order valence-electron chi connectivity index (χ4n) is 2.46. The molecule has 0 N–H and O–H groups in total. The van der Waals surface area contributed by atoms with Gasteiger partial charge in [-0.1, -0.05) is 24.3 Å². The molecule has 140 valence electrons. The predicted octanol–water partition coefficient (Wildman–Crippen LogP) is 5.51. The molecule has 4 rings (SSSR count). The summed E-state index contributed by atoms with van der Waals surface area (Å²) in [6.45, 7) is 1.69. The fraction of sp³-hybridized carbons (Fsp3) is 0.0952. The minimum absolute atomic E-state index is 0.251. The Morgan fingerprint density at radius 3 is 2.43 bits per heavy atom. The Balaban J connectivity index is 1.39. The highest BCUT2D eigenvalue weighted by atomic mass is 32.1. The van der Waals surface area contributed by atoms with Crippen molar-refractivity contribution in [2.24, 2.45) is 0 Å². The number of carbonyl (C=O) groups excluding carboxylic acids is 1. The first kappa shape index (κ1) is 17.9. The summed E-state index contributed by atoms with van der Waals surface area (Å²) in [5.74, 6) is 1.54. The molecule has 0 aliphatic carbocycles. The van der Waals surface area contributed by atoms with E-state index in [2.05, 4.69) is 10.2 Å². The van der Waals surface area contributed by atoms with E-state index in [1.54, 1.807) is 31.2 Å². The highest BCUT2D eigenvalue weighted by Gasteiger charge is 2.20. The summed E-state index contributed by atoms with van der Waals surface area (Å²) < 4.78 is 16.8. The van der Waals surface area contributed by atoms with Gasteiger partial charge in [0, 0.05) is 0 Å². The molecule has 0 radical (unpaired) electrons. The average Bonchev–Trinajstić information content (AvgIpc) is 3.41. The van der Waals surface area contributed by atoms with Crippen LogP contribution in [0.2, 0.25) is 0 Å². The summed E-state index contributed by atoms with van der Waals surface area (Å²) in [5, 5.41) is 9.89. The number of aromatic nitrogens is 2. The molecule has 0 aliphatic rings. The number of esters is 1. The summed E-state index contributed by atoms with van der Waals surface area (Å²) in [5.41, 5.74) is 0.408. The minimum Gasteiger partial charge on any atom is -0.457 e. The molecule has 0 amide bonds. The van der Waals surface area contributed by atoms with Crippen molar-refractivity contribution < 1.29 is 18.7 Å². The lowest BCUT2D eigenvalue weighted by molar-refractivity contribution is 0.0280. The van der Waals surface area contributed by atoms with Gasteiger partial charge in [0.1, 0.15) is 11.5 Å². The van der Waals surface area contributed by atoms with Crippen LogP contribution in [-0.4, -0.2) is 16.2 Å². The summed E-state index contributed by atoms with van der Waals surface area (Å²) in [6.07, 6.45) is -0.658. The molecule has 0 fully saturated rings. The molecule has 7 heteroatoms. The van der Waals surface area contributed by atoms with Gasteiger partial charge in [0.2, 0.25) is 0 Å². The third kappa shape index (κ3) is 4.10. The van der Waals surface area contributed by atoms with Crippen LogP contribution in [0.5, 0.6) is 11.5 Å². The maximum absolute atomic E-state index is 12.4. The second-order valence-corrected chi connectivity index (χ2v) is 6.86. The summed E-state index contributed by atoms with van der Waals surface area (Å²) in [7, 11) is 0. The molecule has 4 aromatic rings. The zero-order chi connectivity index (χ0) is 19.3. The van der Waals surface area contributed by atoms with E-state index in [1.165, 1.54) is 11.3 Å². The van der Waals surface area contributed by atoms with E-state index in [1.807, 2.05) is 47.8 Å². The van der Waals surface area contributed by atoms with E-state index in [9.17, 15) is 4.79 Å². The zero-order valence-corrected chi connectivity index (χ0v) is 15.8. The predicted molar refractivity (Wildman–Crippen MR) is 104 cm³/mol. The molecular weight excluding hydrogens is 376 g/mol. The third-order valence-electron chi connectivity index (χ3n) is 3.87. The Bertz CT molecular complexity index is 1040. The second-order valence-electron chi connectivity index (χ2n) is 5.91. The average molecular weight is 392 g/mol. The van der Waals surface area contributed by atoms with Crippen LogP contribution in [0, 0.1) is 0 Å². The van der Waals surface area contributed by atoms with Gasteiger partial charge in [0.25, 0.3) is 11.8 Å². The first-order chi connectivity index (χ1) is 13.7. The Labute approximate surface area is 165 Å². The second kappa shape index (κ2) is 8.06. The topological polar surface area (TPSA) is 74.5 Å². The highest BCUT2D eigenvalue weighted by molar-refractivity contribution is 7.13. The number of nitrogens with zero attached hydrogens (tertiary/aromatic N) is 2. The largest absolute Gasteiger partial charge is 0.457 e. The van der Waals surface area contributed by atoms with Gasteiger partial charge in [0.05, 0.1) is 10.4 Å². The lowest BCUT2D eigenvalue weighted by Crippen LogP contribution is -2.09. The number of para-hydroxylation sites is 1. The van der Waals surface area contributed by atoms with Crippen molar-refractivity contribution in [3.8, 4) is 22.3 Å². The van der Waals surface area contributed by atoms with E-state index < -0.39 is 12.1 Å². The third-order valence-corrected chi connectivity index (χ3v) is 4.73. The Morgan fingerprint density at radius 2 is 1.71 bits per heavy atom. The van der Waals surface area contributed by atoms with Gasteiger partial charge in [0.15, 0.2) is 6.10 Å². The SMILES string of the molecule is C[C@H](OC(=O)c1ccc(Oc2ccccc2)cc1)c1nnc(-c2cccs2)o1. The molecule has 1 atom stereocenters. The molecule has 0 unspecified atom stereocenters. The van der Waals surface area contributed by atoms with E-state index in [0.717, 1.165) is 10.6 Å². The molecule has 0 spiro atoms. The van der Waals surface area contributed by atoms with Crippen LogP contribution in [-0.2, 0) is 4.74 Å². The van der Waals surface area contributed by atoms with Gasteiger partial charge < -0.3 is 13.9 Å². The standard InChI is InChI=1S/C21H16N2O4S/c1-14(19-22-23-20(27-19)18-8-5-13-28-18)25-21(24)15-9-11-17(12-10-15)26-16-6-3-2-4-7-16/h2-14H,1H3/t14-/m0/s1. The number of carbonyl (C=O) groups is 1. The lowest BCUT2D eigenvalue weighted by atomic mass is 10.2.